The van der Waals surface area contributed by atoms with Gasteiger partial charge in [-0.05, 0) is 61.6 Å². The Balaban J connectivity index is 1.75. The van der Waals surface area contributed by atoms with Gasteiger partial charge in [-0.25, -0.2) is 0 Å². The summed E-state index contributed by atoms with van der Waals surface area (Å²) in [5.41, 5.74) is 1.41. The van der Waals surface area contributed by atoms with Gasteiger partial charge in [0.15, 0.2) is 0 Å². The van der Waals surface area contributed by atoms with Gasteiger partial charge in [0.05, 0.1) is 0 Å². The fourth-order valence-electron chi connectivity index (χ4n) is 2.93. The fraction of sp³-hybridized carbons (Fsp3) is 0.600. The van der Waals surface area contributed by atoms with Crippen LogP contribution >= 0.6 is 23.4 Å². The van der Waals surface area contributed by atoms with Gasteiger partial charge in [-0.2, -0.15) is 0 Å². The second kappa shape index (κ2) is 5.44. The van der Waals surface area contributed by atoms with E-state index in [1.165, 1.54) is 41.9 Å². The molecule has 2 unspecified atom stereocenters. The topological polar surface area (TPSA) is 12.0 Å². The minimum absolute atomic E-state index is 0.496. The molecule has 98 valence electrons. The van der Waals surface area contributed by atoms with Gasteiger partial charge in [-0.1, -0.05) is 18.0 Å². The molecule has 1 heterocycles. The van der Waals surface area contributed by atoms with E-state index >= 15 is 0 Å². The Morgan fingerprint density at radius 2 is 2.17 bits per heavy atom. The Kier molecular flexibility index (Phi) is 3.88. The zero-order valence-corrected chi connectivity index (χ0v) is 12.4. The zero-order chi connectivity index (χ0) is 12.5. The van der Waals surface area contributed by atoms with Gasteiger partial charge in [0.1, 0.15) is 0 Å². The highest BCUT2D eigenvalue weighted by Gasteiger charge is 2.28. The van der Waals surface area contributed by atoms with Crippen molar-refractivity contribution in [3.63, 3.8) is 0 Å². The van der Waals surface area contributed by atoms with Crippen LogP contribution in [-0.2, 0) is 0 Å². The van der Waals surface area contributed by atoms with Crippen LogP contribution in [0.15, 0.2) is 23.1 Å². The van der Waals surface area contributed by atoms with Crippen LogP contribution in [0, 0.1) is 5.92 Å². The van der Waals surface area contributed by atoms with E-state index in [2.05, 4.69) is 24.4 Å². The van der Waals surface area contributed by atoms with Gasteiger partial charge in [-0.15, -0.1) is 11.8 Å². The molecule has 0 radical (unpaired) electrons. The first-order chi connectivity index (χ1) is 8.74. The summed E-state index contributed by atoms with van der Waals surface area (Å²) in [6, 6.07) is 7.46. The standard InChI is InChI=1S/C15H20ClNS/c1-10(11-3-2-4-11)17-14-7-8-18-15-6-5-12(16)9-13(14)15/h5-6,9-11,14,17H,2-4,7-8H2,1H3. The molecule has 1 aliphatic heterocycles. The molecule has 0 bridgehead atoms. The first kappa shape index (κ1) is 12.8. The van der Waals surface area contributed by atoms with Crippen molar-refractivity contribution in [2.24, 2.45) is 5.92 Å². The van der Waals surface area contributed by atoms with Crippen molar-refractivity contribution in [3.05, 3.63) is 28.8 Å². The second-order valence-corrected chi connectivity index (χ2v) is 7.09. The predicted octanol–water partition coefficient (Wildman–Crippen LogP) is 4.66. The van der Waals surface area contributed by atoms with Gasteiger partial charge in [0.25, 0.3) is 0 Å². The normalized spacial score (nSPS) is 25.3. The molecule has 18 heavy (non-hydrogen) atoms. The summed E-state index contributed by atoms with van der Waals surface area (Å²) in [7, 11) is 0. The Labute approximate surface area is 119 Å². The summed E-state index contributed by atoms with van der Waals surface area (Å²) in [6.45, 7) is 2.34. The maximum absolute atomic E-state index is 6.14. The molecule has 3 heteroatoms. The molecular formula is C15H20ClNS. The van der Waals surface area contributed by atoms with Crippen molar-refractivity contribution < 1.29 is 0 Å². The molecule has 1 fully saturated rings. The third-order valence-corrected chi connectivity index (χ3v) is 5.69. The second-order valence-electron chi connectivity index (χ2n) is 5.52. The van der Waals surface area contributed by atoms with Crippen molar-refractivity contribution >= 4 is 23.4 Å². The quantitative estimate of drug-likeness (QED) is 0.865. The highest BCUT2D eigenvalue weighted by atomic mass is 35.5. The van der Waals surface area contributed by atoms with E-state index in [0.717, 1.165) is 10.9 Å². The maximum atomic E-state index is 6.14. The van der Waals surface area contributed by atoms with Crippen LogP contribution in [0.3, 0.4) is 0 Å². The lowest BCUT2D eigenvalue weighted by Crippen LogP contribution is -2.40. The predicted molar refractivity (Wildman–Crippen MR) is 79.5 cm³/mol. The molecule has 1 saturated carbocycles. The van der Waals surface area contributed by atoms with Crippen LogP contribution in [0.25, 0.3) is 0 Å². The lowest BCUT2D eigenvalue weighted by Gasteiger charge is -2.36. The van der Waals surface area contributed by atoms with Crippen molar-refractivity contribution in [2.75, 3.05) is 5.75 Å². The van der Waals surface area contributed by atoms with Crippen LogP contribution < -0.4 is 5.32 Å². The van der Waals surface area contributed by atoms with Gasteiger partial charge in [0.2, 0.25) is 0 Å². The molecule has 2 aliphatic rings. The minimum atomic E-state index is 0.496. The van der Waals surface area contributed by atoms with Crippen LogP contribution in [0.4, 0.5) is 0 Å². The zero-order valence-electron chi connectivity index (χ0n) is 10.8. The Bertz CT molecular complexity index is 431. The molecule has 0 aromatic heterocycles. The van der Waals surface area contributed by atoms with E-state index < -0.39 is 0 Å². The molecule has 1 N–H and O–H groups in total. The lowest BCUT2D eigenvalue weighted by molar-refractivity contribution is 0.224. The average molecular weight is 282 g/mol. The first-order valence-corrected chi connectivity index (χ1v) is 8.28. The third-order valence-electron chi connectivity index (χ3n) is 4.33. The molecule has 1 nitrogen and oxygen atoms in total. The molecular weight excluding hydrogens is 262 g/mol. The van der Waals surface area contributed by atoms with Crippen molar-refractivity contribution in [1.29, 1.82) is 0 Å². The minimum Gasteiger partial charge on any atom is -0.307 e. The number of hydrogen-bond donors (Lipinski definition) is 1. The SMILES string of the molecule is CC(NC1CCSc2ccc(Cl)cc21)C1CCC1. The molecule has 2 atom stereocenters. The maximum Gasteiger partial charge on any atom is 0.0410 e. The molecule has 1 aliphatic carbocycles. The van der Waals surface area contributed by atoms with E-state index in [4.69, 9.17) is 11.6 Å². The number of nitrogens with one attached hydrogen (secondary N) is 1. The molecule has 0 amide bonds. The number of hydrogen-bond acceptors (Lipinski definition) is 2. The van der Waals surface area contributed by atoms with Crippen molar-refractivity contribution in [2.45, 2.75) is 49.6 Å². The van der Waals surface area contributed by atoms with Crippen molar-refractivity contribution in [3.8, 4) is 0 Å². The molecule has 1 aromatic carbocycles. The van der Waals surface area contributed by atoms with Crippen LogP contribution in [0.5, 0.6) is 0 Å². The van der Waals surface area contributed by atoms with Crippen LogP contribution in [0.2, 0.25) is 5.02 Å². The summed E-state index contributed by atoms with van der Waals surface area (Å²) in [6.07, 6.45) is 5.44. The molecule has 1 aromatic rings. The largest absolute Gasteiger partial charge is 0.307 e. The van der Waals surface area contributed by atoms with E-state index in [9.17, 15) is 0 Å². The summed E-state index contributed by atoms with van der Waals surface area (Å²) in [4.78, 5) is 1.41. The van der Waals surface area contributed by atoms with E-state index in [0.29, 0.717) is 12.1 Å². The van der Waals surface area contributed by atoms with Crippen LogP contribution in [-0.4, -0.2) is 11.8 Å². The molecule has 0 spiro atoms. The smallest absolute Gasteiger partial charge is 0.0410 e. The van der Waals surface area contributed by atoms with Gasteiger partial charge in [0, 0.05) is 22.0 Å². The molecule has 3 rings (SSSR count). The van der Waals surface area contributed by atoms with E-state index in [1.807, 2.05) is 17.8 Å². The Morgan fingerprint density at radius 1 is 1.33 bits per heavy atom. The van der Waals surface area contributed by atoms with Gasteiger partial charge in [-0.3, -0.25) is 0 Å². The van der Waals surface area contributed by atoms with Gasteiger partial charge < -0.3 is 5.32 Å². The van der Waals surface area contributed by atoms with E-state index in [1.54, 1.807) is 0 Å². The monoisotopic (exact) mass is 281 g/mol. The fourth-order valence-corrected chi connectivity index (χ4v) is 4.22. The number of halogens is 1. The Morgan fingerprint density at radius 3 is 2.89 bits per heavy atom. The number of fused-ring (bicyclic) bond motifs is 1. The third kappa shape index (κ3) is 2.56. The first-order valence-electron chi connectivity index (χ1n) is 6.92. The van der Waals surface area contributed by atoms with Crippen LogP contribution in [0.1, 0.15) is 44.2 Å². The van der Waals surface area contributed by atoms with E-state index in [-0.39, 0.29) is 0 Å². The summed E-state index contributed by atoms with van der Waals surface area (Å²) >= 11 is 8.10. The number of rotatable bonds is 3. The lowest BCUT2D eigenvalue weighted by atomic mass is 9.80. The summed E-state index contributed by atoms with van der Waals surface area (Å²) in [5.74, 6) is 2.10. The molecule has 0 saturated heterocycles. The highest BCUT2D eigenvalue weighted by Crippen LogP contribution is 2.39. The van der Waals surface area contributed by atoms with Crippen molar-refractivity contribution in [1.82, 2.24) is 5.32 Å². The average Bonchev–Trinajstić information content (AvgIpc) is 2.27. The Hall–Kier alpha value is -0.180. The number of thioether (sulfide) groups is 1. The highest BCUT2D eigenvalue weighted by molar-refractivity contribution is 7.99. The summed E-state index contributed by atoms with van der Waals surface area (Å²) in [5, 5.41) is 4.69. The summed E-state index contributed by atoms with van der Waals surface area (Å²) < 4.78 is 0. The number of benzene rings is 1. The van der Waals surface area contributed by atoms with Gasteiger partial charge >= 0.3 is 0 Å².